The van der Waals surface area contributed by atoms with Gasteiger partial charge in [0.15, 0.2) is 0 Å². The van der Waals surface area contributed by atoms with Gasteiger partial charge in [0.05, 0.1) is 24.7 Å². The number of rotatable bonds is 7. The van der Waals surface area contributed by atoms with E-state index in [1.165, 1.54) is 11.3 Å². The molecule has 2 heterocycles. The molecule has 0 saturated carbocycles. The van der Waals surface area contributed by atoms with E-state index in [0.29, 0.717) is 29.4 Å². The van der Waals surface area contributed by atoms with Gasteiger partial charge in [-0.05, 0) is 49.8 Å². The first-order valence-corrected chi connectivity index (χ1v) is 12.5. The number of nitriles is 2. The van der Waals surface area contributed by atoms with Crippen molar-refractivity contribution in [3.63, 3.8) is 0 Å². The first-order valence-electron chi connectivity index (χ1n) is 11.7. The molecule has 0 bridgehead atoms. The Bertz CT molecular complexity index is 1400. The van der Waals surface area contributed by atoms with Crippen molar-refractivity contribution in [3.8, 4) is 12.1 Å². The number of aromatic nitrogens is 1. The number of hydrogen-bond donors (Lipinski definition) is 1. The van der Waals surface area contributed by atoms with E-state index in [2.05, 4.69) is 18.3 Å². The summed E-state index contributed by atoms with van der Waals surface area (Å²) in [5.41, 5.74) is 2.94. The van der Waals surface area contributed by atoms with Crippen molar-refractivity contribution >= 4 is 45.2 Å². The van der Waals surface area contributed by atoms with E-state index in [4.69, 9.17) is 10.00 Å². The summed E-state index contributed by atoms with van der Waals surface area (Å²) < 4.78 is 7.23. The number of ether oxygens (including phenoxy) is 1. The topological polar surface area (TPSA) is 108 Å². The predicted octanol–water partition coefficient (Wildman–Crippen LogP) is 5.46. The number of esters is 1. The number of anilines is 1. The Labute approximate surface area is 208 Å². The first-order chi connectivity index (χ1) is 17.0. The van der Waals surface area contributed by atoms with Crippen LogP contribution in [0.2, 0.25) is 0 Å². The number of aryl methyl sites for hydroxylation is 1. The molecule has 1 aliphatic carbocycles. The lowest BCUT2D eigenvalue weighted by atomic mass is 9.88. The van der Waals surface area contributed by atoms with Crippen molar-refractivity contribution in [2.24, 2.45) is 5.92 Å². The van der Waals surface area contributed by atoms with Crippen molar-refractivity contribution in [1.29, 1.82) is 10.5 Å². The van der Waals surface area contributed by atoms with E-state index in [-0.39, 0.29) is 12.2 Å². The Hall–Kier alpha value is -3.88. The molecule has 1 atom stereocenters. The van der Waals surface area contributed by atoms with Crippen LogP contribution in [0.15, 0.2) is 36.0 Å². The number of fused-ring (bicyclic) bond motifs is 2. The van der Waals surface area contributed by atoms with Gasteiger partial charge in [0.25, 0.3) is 5.91 Å². The fourth-order valence-corrected chi connectivity index (χ4v) is 5.87. The van der Waals surface area contributed by atoms with Crippen LogP contribution in [0.25, 0.3) is 17.0 Å². The fourth-order valence-electron chi connectivity index (χ4n) is 4.48. The maximum absolute atomic E-state index is 13.2. The standard InChI is InChI=1S/C27H26N4O3S/c1-3-34-27(33)24-21-10-9-17(2)13-23(21)35-26(24)30-25(32)18(15-29)14-19-16-31(12-6-11-28)22-8-5-4-7-20(19)22/h4-5,7-8,14,16-17H,3,6,9-10,12-13H2,1-2H3,(H,30,32)/b18-14+. The maximum atomic E-state index is 13.2. The second kappa shape index (κ2) is 10.6. The van der Waals surface area contributed by atoms with E-state index in [0.717, 1.165) is 46.2 Å². The van der Waals surface area contributed by atoms with Crippen molar-refractivity contribution in [1.82, 2.24) is 4.57 Å². The minimum absolute atomic E-state index is 0.0669. The molecule has 0 radical (unpaired) electrons. The molecule has 1 N–H and O–H groups in total. The Morgan fingerprint density at radius 1 is 1.31 bits per heavy atom. The largest absolute Gasteiger partial charge is 0.462 e. The highest BCUT2D eigenvalue weighted by Crippen LogP contribution is 2.40. The zero-order chi connectivity index (χ0) is 24.9. The molecule has 0 spiro atoms. The van der Waals surface area contributed by atoms with E-state index < -0.39 is 11.9 Å². The van der Waals surface area contributed by atoms with Crippen molar-refractivity contribution in [2.75, 3.05) is 11.9 Å². The predicted molar refractivity (Wildman–Crippen MR) is 136 cm³/mol. The summed E-state index contributed by atoms with van der Waals surface area (Å²) in [6.07, 6.45) is 6.35. The van der Waals surface area contributed by atoms with Gasteiger partial charge in [-0.1, -0.05) is 25.1 Å². The molecule has 0 aliphatic heterocycles. The lowest BCUT2D eigenvalue weighted by molar-refractivity contribution is -0.112. The van der Waals surface area contributed by atoms with Crippen molar-refractivity contribution in [2.45, 2.75) is 46.1 Å². The van der Waals surface area contributed by atoms with Gasteiger partial charge in [0, 0.05) is 34.1 Å². The van der Waals surface area contributed by atoms with Crippen molar-refractivity contribution in [3.05, 3.63) is 57.6 Å². The number of thiophene rings is 1. The number of carbonyl (C=O) groups is 2. The fraction of sp³-hybridized carbons (Fsp3) is 0.333. The summed E-state index contributed by atoms with van der Waals surface area (Å²) in [6.45, 7) is 4.68. The third-order valence-electron chi connectivity index (χ3n) is 6.17. The van der Waals surface area contributed by atoms with E-state index >= 15 is 0 Å². The first kappa shape index (κ1) is 24.3. The molecule has 35 heavy (non-hydrogen) atoms. The molecular weight excluding hydrogens is 460 g/mol. The number of carbonyl (C=O) groups excluding carboxylic acids is 2. The number of amides is 1. The minimum Gasteiger partial charge on any atom is -0.462 e. The van der Waals surface area contributed by atoms with Crippen LogP contribution in [0.5, 0.6) is 0 Å². The summed E-state index contributed by atoms with van der Waals surface area (Å²) in [6, 6.07) is 11.8. The van der Waals surface area contributed by atoms with Gasteiger partial charge in [0.2, 0.25) is 0 Å². The lowest BCUT2D eigenvalue weighted by Gasteiger charge is -2.18. The third kappa shape index (κ3) is 4.99. The highest BCUT2D eigenvalue weighted by Gasteiger charge is 2.29. The number of para-hydroxylation sites is 1. The molecule has 2 aromatic heterocycles. The highest BCUT2D eigenvalue weighted by molar-refractivity contribution is 7.17. The summed E-state index contributed by atoms with van der Waals surface area (Å²) >= 11 is 1.39. The molecule has 8 heteroatoms. The van der Waals surface area contributed by atoms with Crippen LogP contribution in [-0.4, -0.2) is 23.1 Å². The van der Waals surface area contributed by atoms with Gasteiger partial charge >= 0.3 is 5.97 Å². The van der Waals surface area contributed by atoms with Crippen LogP contribution < -0.4 is 5.32 Å². The Kier molecular flexibility index (Phi) is 7.33. The van der Waals surface area contributed by atoms with Gasteiger partial charge in [-0.2, -0.15) is 10.5 Å². The summed E-state index contributed by atoms with van der Waals surface area (Å²) in [5.74, 6) is -0.510. The van der Waals surface area contributed by atoms with Gasteiger partial charge in [0.1, 0.15) is 16.6 Å². The monoisotopic (exact) mass is 486 g/mol. The van der Waals surface area contributed by atoms with E-state index in [1.807, 2.05) is 41.1 Å². The second-order valence-electron chi connectivity index (χ2n) is 8.60. The smallest absolute Gasteiger partial charge is 0.341 e. The number of nitrogens with zero attached hydrogens (tertiary/aromatic N) is 3. The number of benzene rings is 1. The summed E-state index contributed by atoms with van der Waals surface area (Å²) in [7, 11) is 0. The molecule has 1 amide bonds. The van der Waals surface area contributed by atoms with Gasteiger partial charge in [-0.25, -0.2) is 4.79 Å². The molecule has 1 unspecified atom stereocenters. The van der Waals surface area contributed by atoms with Gasteiger partial charge in [-0.15, -0.1) is 11.3 Å². The molecule has 0 fully saturated rings. The zero-order valence-electron chi connectivity index (χ0n) is 19.8. The van der Waals surface area contributed by atoms with Crippen LogP contribution in [-0.2, 0) is 28.9 Å². The van der Waals surface area contributed by atoms with Crippen LogP contribution in [0.3, 0.4) is 0 Å². The van der Waals surface area contributed by atoms with E-state index in [9.17, 15) is 14.9 Å². The van der Waals surface area contributed by atoms with E-state index in [1.54, 1.807) is 13.0 Å². The zero-order valence-corrected chi connectivity index (χ0v) is 20.6. The Balaban J connectivity index is 1.68. The lowest BCUT2D eigenvalue weighted by Crippen LogP contribution is -2.17. The van der Waals surface area contributed by atoms with Crippen LogP contribution in [0.1, 0.15) is 53.1 Å². The molecule has 1 aromatic carbocycles. The van der Waals surface area contributed by atoms with Gasteiger partial charge < -0.3 is 14.6 Å². The molecule has 0 saturated heterocycles. The Morgan fingerprint density at radius 3 is 2.86 bits per heavy atom. The third-order valence-corrected chi connectivity index (χ3v) is 7.34. The van der Waals surface area contributed by atoms with Crippen LogP contribution in [0.4, 0.5) is 5.00 Å². The second-order valence-corrected chi connectivity index (χ2v) is 9.71. The average Bonchev–Trinajstić information content (AvgIpc) is 3.38. The minimum atomic E-state index is -0.571. The van der Waals surface area contributed by atoms with Crippen LogP contribution in [0, 0.1) is 28.6 Å². The SMILES string of the molecule is CCOC(=O)c1c(NC(=O)/C(C#N)=C/c2cn(CCC#N)c3ccccc23)sc2c1CCC(C)C2. The highest BCUT2D eigenvalue weighted by atomic mass is 32.1. The number of hydrogen-bond acceptors (Lipinski definition) is 6. The summed E-state index contributed by atoms with van der Waals surface area (Å²) in [4.78, 5) is 27.0. The normalized spacial score (nSPS) is 15.2. The molecule has 7 nitrogen and oxygen atoms in total. The summed E-state index contributed by atoms with van der Waals surface area (Å²) in [5, 5.41) is 22.9. The molecule has 3 aromatic rings. The molecule has 178 valence electrons. The molecule has 1 aliphatic rings. The van der Waals surface area contributed by atoms with Crippen molar-refractivity contribution < 1.29 is 14.3 Å². The maximum Gasteiger partial charge on any atom is 0.341 e. The van der Waals surface area contributed by atoms with Crippen LogP contribution >= 0.6 is 11.3 Å². The Morgan fingerprint density at radius 2 is 2.11 bits per heavy atom. The molecule has 4 rings (SSSR count). The quantitative estimate of drug-likeness (QED) is 0.271. The number of nitrogens with one attached hydrogen (secondary N) is 1. The average molecular weight is 487 g/mol. The molecular formula is C27H26N4O3S. The van der Waals surface area contributed by atoms with Gasteiger partial charge in [-0.3, -0.25) is 4.79 Å².